The summed E-state index contributed by atoms with van der Waals surface area (Å²) >= 11 is 5.92. The number of anilines is 2. The first-order valence-corrected chi connectivity index (χ1v) is 8.69. The Morgan fingerprint density at radius 1 is 1.24 bits per heavy atom. The fourth-order valence-electron chi connectivity index (χ4n) is 3.12. The molecule has 0 saturated heterocycles. The Bertz CT molecular complexity index is 897. The van der Waals surface area contributed by atoms with E-state index in [9.17, 15) is 4.79 Å². The molecule has 9 heteroatoms. The lowest BCUT2D eigenvalue weighted by Crippen LogP contribution is -2.20. The zero-order valence-electron chi connectivity index (χ0n) is 13.5. The van der Waals surface area contributed by atoms with Crippen LogP contribution in [0.25, 0.3) is 5.65 Å². The van der Waals surface area contributed by atoms with Gasteiger partial charge in [0.05, 0.1) is 17.9 Å². The van der Waals surface area contributed by atoms with Crippen LogP contribution in [0.4, 0.5) is 16.4 Å². The Balaban J connectivity index is 1.40. The molecule has 1 aliphatic carbocycles. The van der Waals surface area contributed by atoms with Crippen LogP contribution in [-0.4, -0.2) is 30.4 Å². The summed E-state index contributed by atoms with van der Waals surface area (Å²) in [6, 6.07) is 3.39. The molecule has 1 saturated carbocycles. The number of hydrogen-bond acceptors (Lipinski definition) is 4. The van der Waals surface area contributed by atoms with Crippen LogP contribution in [0.3, 0.4) is 0 Å². The summed E-state index contributed by atoms with van der Waals surface area (Å²) in [5, 5.41) is 14.5. The number of urea groups is 1. The highest BCUT2D eigenvalue weighted by Crippen LogP contribution is 2.28. The monoisotopic (exact) mass is 359 g/mol. The van der Waals surface area contributed by atoms with Gasteiger partial charge in [-0.05, 0) is 18.9 Å². The summed E-state index contributed by atoms with van der Waals surface area (Å²) in [5.74, 6) is 0.208. The molecule has 4 rings (SSSR count). The quantitative estimate of drug-likeness (QED) is 0.745. The largest absolute Gasteiger partial charge is 0.326 e. The Morgan fingerprint density at radius 2 is 2.08 bits per heavy atom. The number of carbonyl (C=O) groups is 1. The van der Waals surface area contributed by atoms with Crippen molar-refractivity contribution < 1.29 is 4.79 Å². The first-order valence-electron chi connectivity index (χ1n) is 8.31. The van der Waals surface area contributed by atoms with Gasteiger partial charge in [-0.1, -0.05) is 30.9 Å². The predicted octanol–water partition coefficient (Wildman–Crippen LogP) is 3.73. The molecule has 2 amide bonds. The lowest BCUT2D eigenvalue weighted by Gasteiger charge is -2.21. The van der Waals surface area contributed by atoms with Gasteiger partial charge in [0.1, 0.15) is 0 Å². The summed E-state index contributed by atoms with van der Waals surface area (Å²) in [6.45, 7) is 0. The Kier molecular flexibility index (Phi) is 4.27. The molecule has 0 aromatic carbocycles. The van der Waals surface area contributed by atoms with Crippen LogP contribution < -0.4 is 10.6 Å². The van der Waals surface area contributed by atoms with Gasteiger partial charge in [0.15, 0.2) is 5.65 Å². The van der Waals surface area contributed by atoms with Gasteiger partial charge in [0.2, 0.25) is 0 Å². The first-order chi connectivity index (χ1) is 12.2. The van der Waals surface area contributed by atoms with Crippen molar-refractivity contribution in [2.24, 2.45) is 0 Å². The van der Waals surface area contributed by atoms with E-state index in [1.807, 2.05) is 10.9 Å². The number of halogens is 1. The van der Waals surface area contributed by atoms with Crippen molar-refractivity contribution in [3.63, 3.8) is 0 Å². The number of pyridine rings is 1. The minimum absolute atomic E-state index is 0.208. The molecule has 2 N–H and O–H groups in total. The number of aromatic nitrogens is 5. The third-order valence-electron chi connectivity index (χ3n) is 4.33. The Morgan fingerprint density at radius 3 is 2.92 bits per heavy atom. The third-order valence-corrected chi connectivity index (χ3v) is 4.57. The summed E-state index contributed by atoms with van der Waals surface area (Å²) in [6.07, 6.45) is 11.2. The van der Waals surface area contributed by atoms with Crippen molar-refractivity contribution in [3.8, 4) is 0 Å². The predicted molar refractivity (Wildman–Crippen MR) is 95.0 cm³/mol. The van der Waals surface area contributed by atoms with E-state index in [1.54, 1.807) is 29.0 Å². The van der Waals surface area contributed by atoms with E-state index >= 15 is 0 Å². The van der Waals surface area contributed by atoms with E-state index in [-0.39, 0.29) is 5.95 Å². The summed E-state index contributed by atoms with van der Waals surface area (Å²) < 4.78 is 3.49. The van der Waals surface area contributed by atoms with Crippen molar-refractivity contribution in [2.75, 3.05) is 10.6 Å². The lowest BCUT2D eigenvalue weighted by molar-refractivity contribution is 0.262. The SMILES string of the molecule is O=C(Nc1cnn(C2CCCCC2)c1)Nc1nc2cc(Cl)ccn2n1. The van der Waals surface area contributed by atoms with E-state index in [4.69, 9.17) is 11.6 Å². The Hall–Kier alpha value is -2.61. The molecular formula is C16H18ClN7O. The van der Waals surface area contributed by atoms with Crippen molar-refractivity contribution >= 4 is 34.9 Å². The van der Waals surface area contributed by atoms with Crippen LogP contribution in [0.2, 0.25) is 5.02 Å². The molecule has 1 aliphatic rings. The second-order valence-corrected chi connectivity index (χ2v) is 6.60. The van der Waals surface area contributed by atoms with E-state index in [1.165, 1.54) is 19.3 Å². The van der Waals surface area contributed by atoms with Crippen molar-refractivity contribution in [3.05, 3.63) is 35.7 Å². The van der Waals surface area contributed by atoms with E-state index in [2.05, 4.69) is 25.8 Å². The number of nitrogens with one attached hydrogen (secondary N) is 2. The van der Waals surface area contributed by atoms with Gasteiger partial charge in [-0.25, -0.2) is 9.31 Å². The molecule has 3 aromatic heterocycles. The normalized spacial score (nSPS) is 15.4. The molecule has 3 heterocycles. The molecule has 0 aliphatic heterocycles. The minimum Gasteiger partial charge on any atom is -0.305 e. The lowest BCUT2D eigenvalue weighted by atomic mass is 9.96. The topological polar surface area (TPSA) is 89.1 Å². The minimum atomic E-state index is -0.412. The molecule has 0 unspecified atom stereocenters. The maximum atomic E-state index is 12.1. The van der Waals surface area contributed by atoms with Gasteiger partial charge in [-0.3, -0.25) is 10.00 Å². The van der Waals surface area contributed by atoms with Crippen LogP contribution in [0.1, 0.15) is 38.1 Å². The van der Waals surface area contributed by atoms with E-state index in [0.29, 0.717) is 22.4 Å². The number of hydrogen-bond donors (Lipinski definition) is 2. The highest BCUT2D eigenvalue weighted by atomic mass is 35.5. The highest BCUT2D eigenvalue weighted by Gasteiger charge is 2.16. The summed E-state index contributed by atoms with van der Waals surface area (Å²) in [5.41, 5.74) is 1.21. The fourth-order valence-corrected chi connectivity index (χ4v) is 3.28. The third kappa shape index (κ3) is 3.58. The van der Waals surface area contributed by atoms with Crippen LogP contribution in [0.15, 0.2) is 30.7 Å². The zero-order valence-corrected chi connectivity index (χ0v) is 14.3. The molecule has 0 spiro atoms. The molecule has 3 aromatic rings. The van der Waals surface area contributed by atoms with Crippen LogP contribution >= 0.6 is 11.6 Å². The number of rotatable bonds is 3. The van der Waals surface area contributed by atoms with Gasteiger partial charge < -0.3 is 5.32 Å². The number of amides is 2. The molecule has 8 nitrogen and oxygen atoms in total. The fraction of sp³-hybridized carbons (Fsp3) is 0.375. The number of fused-ring (bicyclic) bond motifs is 1. The van der Waals surface area contributed by atoms with Gasteiger partial charge >= 0.3 is 6.03 Å². The molecule has 0 bridgehead atoms. The molecule has 1 fully saturated rings. The average molecular weight is 360 g/mol. The van der Waals surface area contributed by atoms with Crippen LogP contribution in [0, 0.1) is 0 Å². The number of carbonyl (C=O) groups excluding carboxylic acids is 1. The average Bonchev–Trinajstić information content (AvgIpc) is 3.21. The highest BCUT2D eigenvalue weighted by molar-refractivity contribution is 6.30. The standard InChI is InChI=1S/C16H18ClN7O/c17-11-6-7-23-14(8-11)20-15(22-23)21-16(25)19-12-9-18-24(10-12)13-4-2-1-3-5-13/h6-10,13H,1-5H2,(H2,19,21,22,25). The van der Waals surface area contributed by atoms with Crippen LogP contribution in [-0.2, 0) is 0 Å². The Labute approximate surface area is 149 Å². The zero-order chi connectivity index (χ0) is 17.2. The van der Waals surface area contributed by atoms with E-state index in [0.717, 1.165) is 12.8 Å². The number of nitrogens with zero attached hydrogens (tertiary/aromatic N) is 5. The van der Waals surface area contributed by atoms with Crippen molar-refractivity contribution in [1.29, 1.82) is 0 Å². The molecule has 0 radical (unpaired) electrons. The molecule has 0 atom stereocenters. The van der Waals surface area contributed by atoms with Crippen molar-refractivity contribution in [1.82, 2.24) is 24.4 Å². The maximum Gasteiger partial charge on any atom is 0.326 e. The first kappa shape index (κ1) is 15.9. The second-order valence-electron chi connectivity index (χ2n) is 6.16. The van der Waals surface area contributed by atoms with E-state index < -0.39 is 6.03 Å². The molecule has 25 heavy (non-hydrogen) atoms. The second kappa shape index (κ2) is 6.72. The van der Waals surface area contributed by atoms with Gasteiger partial charge in [-0.2, -0.15) is 10.1 Å². The van der Waals surface area contributed by atoms with Gasteiger partial charge in [-0.15, -0.1) is 5.10 Å². The summed E-state index contributed by atoms with van der Waals surface area (Å²) in [7, 11) is 0. The maximum absolute atomic E-state index is 12.1. The molecular weight excluding hydrogens is 342 g/mol. The van der Waals surface area contributed by atoms with Crippen molar-refractivity contribution in [2.45, 2.75) is 38.1 Å². The van der Waals surface area contributed by atoms with Crippen LogP contribution in [0.5, 0.6) is 0 Å². The van der Waals surface area contributed by atoms with Gasteiger partial charge in [0, 0.05) is 23.5 Å². The summed E-state index contributed by atoms with van der Waals surface area (Å²) in [4.78, 5) is 16.3. The van der Waals surface area contributed by atoms with Gasteiger partial charge in [0.25, 0.3) is 5.95 Å². The smallest absolute Gasteiger partial charge is 0.305 e. The molecule has 130 valence electrons.